The summed E-state index contributed by atoms with van der Waals surface area (Å²) in [5.41, 5.74) is 6.98. The number of aromatic nitrogens is 3. The Morgan fingerprint density at radius 1 is 1.02 bits per heavy atom. The van der Waals surface area contributed by atoms with E-state index in [2.05, 4.69) is 9.97 Å². The molecule has 0 N–H and O–H groups in total. The molecule has 0 atom stereocenters. The molecule has 5 rings (SSSR count). The summed E-state index contributed by atoms with van der Waals surface area (Å²) in [5, 5.41) is 1.47. The second kappa shape index (κ2) is 12.6. The summed E-state index contributed by atoms with van der Waals surface area (Å²) in [6, 6.07) is 17.3. The lowest BCUT2D eigenvalue weighted by molar-refractivity contribution is -0.272. The molecule has 0 aliphatic rings. The highest BCUT2D eigenvalue weighted by atomic mass is 35.5. The van der Waals surface area contributed by atoms with E-state index in [1.807, 2.05) is 68.4 Å². The number of unbranched alkanes of at least 4 members (excludes halogenated alkanes) is 1. The first kappa shape index (κ1) is 27.7. The average molecular weight is 574 g/mol. The quantitative estimate of drug-likeness (QED) is 0.0954. The van der Waals surface area contributed by atoms with E-state index >= 15 is 0 Å². The van der Waals surface area contributed by atoms with Crippen LogP contribution in [0, 0.1) is 6.92 Å². The minimum Gasteiger partial charge on any atom is -0.481 e. The number of aryl methyl sites for hydroxylation is 1. The number of nitrogens with zero attached hydrogens (tertiary/aromatic N) is 3. The van der Waals surface area contributed by atoms with E-state index in [0.29, 0.717) is 17.5 Å². The molecule has 0 spiro atoms. The van der Waals surface area contributed by atoms with Gasteiger partial charge in [0.15, 0.2) is 0 Å². The Bertz CT molecular complexity index is 1650. The number of hydrogen-bond donors (Lipinski definition) is 0. The van der Waals surface area contributed by atoms with Crippen LogP contribution in [0.3, 0.4) is 0 Å². The number of methoxy groups -OCH3 is 1. The van der Waals surface area contributed by atoms with Crippen LogP contribution in [0.15, 0.2) is 67.0 Å². The molecule has 0 aliphatic heterocycles. The number of carbonyl (C=O) groups excluding carboxylic acids is 1. The molecule has 3 heterocycles. The second-order valence-corrected chi connectivity index (χ2v) is 10.7. The summed E-state index contributed by atoms with van der Waals surface area (Å²) in [5.74, 6) is 0.0648. The number of ether oxygens (including phenoxy) is 1. The molecule has 3 aromatic heterocycles. The number of rotatable bonds is 10. The van der Waals surface area contributed by atoms with Crippen LogP contribution in [0.4, 0.5) is 0 Å². The molecule has 9 heteroatoms. The Balaban J connectivity index is 1.59. The van der Waals surface area contributed by atoms with Gasteiger partial charge in [0.1, 0.15) is 5.01 Å². The van der Waals surface area contributed by atoms with Gasteiger partial charge >= 0.3 is 5.97 Å². The van der Waals surface area contributed by atoms with Crippen LogP contribution in [-0.4, -0.2) is 34.6 Å². The van der Waals surface area contributed by atoms with Crippen LogP contribution in [0.1, 0.15) is 30.9 Å². The highest BCUT2D eigenvalue weighted by Gasteiger charge is 2.21. The molecule has 0 radical (unpaired) electrons. The molecule has 5 aromatic rings. The molecule has 0 aliphatic carbocycles. The first-order valence-corrected chi connectivity index (χ1v) is 14.1. The Hall–Kier alpha value is -3.85. The zero-order valence-electron chi connectivity index (χ0n) is 22.4. The van der Waals surface area contributed by atoms with Gasteiger partial charge in [0.25, 0.3) is 0 Å². The van der Waals surface area contributed by atoms with E-state index in [9.17, 15) is 4.79 Å². The molecular formula is C31H28ClN3O4S. The van der Waals surface area contributed by atoms with Crippen molar-refractivity contribution in [3.8, 4) is 38.8 Å². The maximum atomic E-state index is 12.7. The standard InChI is InChI=1S/C31H28ClN3O4S/c1-4-5-15-38-39-27(36)18-24-19(2)16-26-29(28(24)20-8-10-22(32)11-9-20)40-31(35-26)21-12-14-33-25(17-21)23-7-6-13-34-30(23)37-3/h6-14,16-17H,4-5,15,18H2,1-3H3. The predicted molar refractivity (Wildman–Crippen MR) is 158 cm³/mol. The van der Waals surface area contributed by atoms with Crippen molar-refractivity contribution in [3.63, 3.8) is 0 Å². The van der Waals surface area contributed by atoms with Crippen molar-refractivity contribution in [3.05, 3.63) is 83.1 Å². The van der Waals surface area contributed by atoms with E-state index in [0.717, 1.165) is 67.1 Å². The van der Waals surface area contributed by atoms with E-state index < -0.39 is 5.97 Å². The molecule has 204 valence electrons. The van der Waals surface area contributed by atoms with Gasteiger partial charge < -0.3 is 4.74 Å². The monoisotopic (exact) mass is 573 g/mol. The first-order valence-electron chi connectivity index (χ1n) is 13.0. The molecule has 7 nitrogen and oxygen atoms in total. The third-order valence-corrected chi connectivity index (χ3v) is 7.84. The van der Waals surface area contributed by atoms with Crippen molar-refractivity contribution >= 4 is 39.1 Å². The lowest BCUT2D eigenvalue weighted by Gasteiger charge is -2.14. The Kier molecular flexibility index (Phi) is 8.69. The van der Waals surface area contributed by atoms with Crippen LogP contribution in [-0.2, 0) is 21.0 Å². The molecular weight excluding hydrogens is 546 g/mol. The number of benzene rings is 2. The Labute approximate surface area is 241 Å². The average Bonchev–Trinajstić information content (AvgIpc) is 3.40. The van der Waals surface area contributed by atoms with Crippen molar-refractivity contribution < 1.29 is 19.3 Å². The fourth-order valence-corrected chi connectivity index (χ4v) is 5.71. The van der Waals surface area contributed by atoms with Gasteiger partial charge in [0, 0.05) is 28.5 Å². The molecule has 40 heavy (non-hydrogen) atoms. The minimum absolute atomic E-state index is 0.0687. The number of halogens is 1. The smallest absolute Gasteiger partial charge is 0.346 e. The lowest BCUT2D eigenvalue weighted by atomic mass is 9.93. The third-order valence-electron chi connectivity index (χ3n) is 6.45. The summed E-state index contributed by atoms with van der Waals surface area (Å²) in [6.07, 6.45) is 5.29. The molecule has 0 amide bonds. The normalized spacial score (nSPS) is 11.1. The van der Waals surface area contributed by atoms with E-state index in [4.69, 9.17) is 31.1 Å². The second-order valence-electron chi connectivity index (χ2n) is 9.22. The number of hydrogen-bond acceptors (Lipinski definition) is 8. The first-order chi connectivity index (χ1) is 19.5. The van der Waals surface area contributed by atoms with Gasteiger partial charge in [0.05, 0.1) is 41.6 Å². The molecule has 2 aromatic carbocycles. The minimum atomic E-state index is -0.442. The van der Waals surface area contributed by atoms with Gasteiger partial charge in [-0.3, -0.25) is 9.87 Å². The van der Waals surface area contributed by atoms with Crippen molar-refractivity contribution in [1.82, 2.24) is 15.0 Å². The zero-order chi connectivity index (χ0) is 28.1. The topological polar surface area (TPSA) is 83.4 Å². The molecule has 0 unspecified atom stereocenters. The van der Waals surface area contributed by atoms with Crippen LogP contribution in [0.25, 0.3) is 43.2 Å². The fraction of sp³-hybridized carbons (Fsp3) is 0.226. The van der Waals surface area contributed by atoms with Crippen LogP contribution in [0.5, 0.6) is 5.88 Å². The van der Waals surface area contributed by atoms with Gasteiger partial charge in [-0.2, -0.15) is 4.89 Å². The SMILES string of the molecule is CCCCOOC(=O)Cc1c(C)cc2nc(-c3ccnc(-c4cccnc4OC)c3)sc2c1-c1ccc(Cl)cc1. The summed E-state index contributed by atoms with van der Waals surface area (Å²) >= 11 is 7.77. The largest absolute Gasteiger partial charge is 0.481 e. The number of fused-ring (bicyclic) bond motifs is 1. The molecule has 0 saturated carbocycles. The third kappa shape index (κ3) is 5.99. The fourth-order valence-electron chi connectivity index (χ4n) is 4.45. The van der Waals surface area contributed by atoms with Gasteiger partial charge in [0.2, 0.25) is 5.88 Å². The molecule has 0 saturated heterocycles. The van der Waals surface area contributed by atoms with Crippen LogP contribution in [0.2, 0.25) is 5.02 Å². The molecule has 0 bridgehead atoms. The van der Waals surface area contributed by atoms with Crippen molar-refractivity contribution in [2.75, 3.05) is 13.7 Å². The maximum absolute atomic E-state index is 12.7. The Morgan fingerprint density at radius 3 is 2.62 bits per heavy atom. The number of thiazole rings is 1. The maximum Gasteiger partial charge on any atom is 0.346 e. The van der Waals surface area contributed by atoms with Crippen LogP contribution < -0.4 is 4.74 Å². The van der Waals surface area contributed by atoms with Crippen molar-refractivity contribution in [2.24, 2.45) is 0 Å². The number of carbonyl (C=O) groups is 1. The summed E-state index contributed by atoms with van der Waals surface area (Å²) in [4.78, 5) is 36.8. The van der Waals surface area contributed by atoms with Crippen molar-refractivity contribution in [2.45, 2.75) is 33.1 Å². The van der Waals surface area contributed by atoms with Gasteiger partial charge in [-0.25, -0.2) is 14.8 Å². The van der Waals surface area contributed by atoms with Gasteiger partial charge in [-0.05, 0) is 72.5 Å². The van der Waals surface area contributed by atoms with Gasteiger partial charge in [-0.15, -0.1) is 11.3 Å². The van der Waals surface area contributed by atoms with E-state index in [-0.39, 0.29) is 6.42 Å². The zero-order valence-corrected chi connectivity index (χ0v) is 24.0. The summed E-state index contributed by atoms with van der Waals surface area (Å²) in [7, 11) is 1.59. The van der Waals surface area contributed by atoms with E-state index in [1.165, 1.54) is 0 Å². The highest BCUT2D eigenvalue weighted by Crippen LogP contribution is 2.41. The summed E-state index contributed by atoms with van der Waals surface area (Å²) < 4.78 is 6.41. The summed E-state index contributed by atoms with van der Waals surface area (Å²) in [6.45, 7) is 4.41. The van der Waals surface area contributed by atoms with E-state index in [1.54, 1.807) is 30.8 Å². The highest BCUT2D eigenvalue weighted by molar-refractivity contribution is 7.22. The van der Waals surface area contributed by atoms with Gasteiger partial charge in [-0.1, -0.05) is 37.1 Å². The Morgan fingerprint density at radius 2 is 1.85 bits per heavy atom. The van der Waals surface area contributed by atoms with Crippen LogP contribution >= 0.6 is 22.9 Å². The van der Waals surface area contributed by atoms with Crippen molar-refractivity contribution in [1.29, 1.82) is 0 Å². The molecule has 0 fully saturated rings. The number of pyridine rings is 2. The predicted octanol–water partition coefficient (Wildman–Crippen LogP) is 7.88. The lowest BCUT2D eigenvalue weighted by Crippen LogP contribution is -2.11.